The molecule has 0 saturated carbocycles. The number of hydrogen-bond acceptors (Lipinski definition) is 5. The van der Waals surface area contributed by atoms with Gasteiger partial charge < -0.3 is 19.9 Å². The Morgan fingerprint density at radius 3 is 2.68 bits per heavy atom. The van der Waals surface area contributed by atoms with Crippen LogP contribution in [0, 0.1) is 17.2 Å². The molecule has 2 atom stereocenters. The standard InChI is InChI=1S/C25H30N2O4/c1-3-5-20-12-17(4-2)13-22(24(20)31-16-19-10-11-30-15-19)23(25(28)29)27-21-8-6-18(14-26)7-9-21/h6-9,12-13,19,23,27H,3-5,10-11,15-16H2,1-2H3,(H,28,29). The molecule has 0 aliphatic carbocycles. The van der Waals surface area contributed by atoms with Crippen LogP contribution in [0.2, 0.25) is 0 Å². The second kappa shape index (κ2) is 10.8. The Kier molecular flexibility index (Phi) is 7.91. The van der Waals surface area contributed by atoms with Crippen LogP contribution < -0.4 is 10.1 Å². The maximum atomic E-state index is 12.3. The minimum absolute atomic E-state index is 0.322. The highest BCUT2D eigenvalue weighted by atomic mass is 16.5. The smallest absolute Gasteiger partial charge is 0.330 e. The molecule has 2 unspecified atom stereocenters. The number of aliphatic carboxylic acids is 1. The molecule has 6 heteroatoms. The summed E-state index contributed by atoms with van der Waals surface area (Å²) in [6, 6.07) is 12.0. The summed E-state index contributed by atoms with van der Waals surface area (Å²) in [5.41, 5.74) is 3.93. The molecule has 1 heterocycles. The lowest BCUT2D eigenvalue weighted by Crippen LogP contribution is -2.23. The lowest BCUT2D eigenvalue weighted by atomic mass is 9.95. The van der Waals surface area contributed by atoms with Crippen LogP contribution in [0.15, 0.2) is 36.4 Å². The molecule has 0 bridgehead atoms. The summed E-state index contributed by atoms with van der Waals surface area (Å²) in [6.45, 7) is 6.11. The fraction of sp³-hybridized carbons (Fsp3) is 0.440. The number of nitrogens with zero attached hydrogens (tertiary/aromatic N) is 1. The van der Waals surface area contributed by atoms with E-state index in [0.29, 0.717) is 41.7 Å². The first-order chi connectivity index (χ1) is 15.0. The number of carboxylic acid groups (broad SMARTS) is 1. The Morgan fingerprint density at radius 1 is 1.32 bits per heavy atom. The Morgan fingerprint density at radius 2 is 2.10 bits per heavy atom. The van der Waals surface area contributed by atoms with Gasteiger partial charge in [-0.25, -0.2) is 4.79 Å². The number of carboxylic acids is 1. The van der Waals surface area contributed by atoms with Crippen LogP contribution in [0.25, 0.3) is 0 Å². The van der Waals surface area contributed by atoms with Gasteiger partial charge in [-0.3, -0.25) is 0 Å². The van der Waals surface area contributed by atoms with Gasteiger partial charge >= 0.3 is 5.97 Å². The number of benzene rings is 2. The van der Waals surface area contributed by atoms with E-state index in [-0.39, 0.29) is 0 Å². The number of hydrogen-bond donors (Lipinski definition) is 2. The van der Waals surface area contributed by atoms with Crippen molar-refractivity contribution >= 4 is 11.7 Å². The van der Waals surface area contributed by atoms with E-state index in [1.165, 1.54) is 0 Å². The van der Waals surface area contributed by atoms with Crippen molar-refractivity contribution in [3.63, 3.8) is 0 Å². The monoisotopic (exact) mass is 422 g/mol. The summed E-state index contributed by atoms with van der Waals surface area (Å²) < 4.78 is 11.7. The summed E-state index contributed by atoms with van der Waals surface area (Å²) in [6.07, 6.45) is 3.53. The minimum Gasteiger partial charge on any atom is -0.493 e. The summed E-state index contributed by atoms with van der Waals surface area (Å²) in [7, 11) is 0. The molecule has 1 fully saturated rings. The summed E-state index contributed by atoms with van der Waals surface area (Å²) >= 11 is 0. The van der Waals surface area contributed by atoms with E-state index in [1.54, 1.807) is 24.3 Å². The fourth-order valence-electron chi connectivity index (χ4n) is 3.83. The van der Waals surface area contributed by atoms with E-state index in [0.717, 1.165) is 43.4 Å². The van der Waals surface area contributed by atoms with Crippen LogP contribution in [0.4, 0.5) is 5.69 Å². The summed E-state index contributed by atoms with van der Waals surface area (Å²) in [5, 5.41) is 22.2. The third-order valence-corrected chi connectivity index (χ3v) is 5.55. The van der Waals surface area contributed by atoms with Crippen molar-refractivity contribution in [2.75, 3.05) is 25.1 Å². The van der Waals surface area contributed by atoms with Gasteiger partial charge in [0.2, 0.25) is 0 Å². The number of nitriles is 1. The maximum Gasteiger partial charge on any atom is 0.330 e. The molecule has 0 radical (unpaired) electrons. The second-order valence-electron chi connectivity index (χ2n) is 7.92. The van der Waals surface area contributed by atoms with Crippen LogP contribution in [-0.4, -0.2) is 30.9 Å². The third-order valence-electron chi connectivity index (χ3n) is 5.55. The van der Waals surface area contributed by atoms with E-state index in [9.17, 15) is 9.90 Å². The molecule has 6 nitrogen and oxygen atoms in total. The van der Waals surface area contributed by atoms with Crippen LogP contribution >= 0.6 is 0 Å². The average molecular weight is 423 g/mol. The second-order valence-corrected chi connectivity index (χ2v) is 7.92. The highest BCUT2D eigenvalue weighted by Gasteiger charge is 2.27. The number of nitrogens with one attached hydrogen (secondary N) is 1. The van der Waals surface area contributed by atoms with E-state index in [2.05, 4.69) is 31.3 Å². The van der Waals surface area contributed by atoms with E-state index < -0.39 is 12.0 Å². The Labute approximate surface area is 183 Å². The molecule has 0 amide bonds. The summed E-state index contributed by atoms with van der Waals surface area (Å²) in [5.74, 6) is 0.0107. The normalized spacial score (nSPS) is 16.5. The van der Waals surface area contributed by atoms with Crippen LogP contribution in [-0.2, 0) is 22.4 Å². The molecule has 1 aliphatic rings. The quantitative estimate of drug-likeness (QED) is 0.575. The van der Waals surface area contributed by atoms with Gasteiger partial charge in [0.1, 0.15) is 5.75 Å². The topological polar surface area (TPSA) is 91.6 Å². The molecule has 1 aliphatic heterocycles. The van der Waals surface area contributed by atoms with Crippen LogP contribution in [0.3, 0.4) is 0 Å². The van der Waals surface area contributed by atoms with Gasteiger partial charge in [-0.05, 0) is 60.7 Å². The molecule has 0 spiro atoms. The van der Waals surface area contributed by atoms with E-state index in [4.69, 9.17) is 14.7 Å². The van der Waals surface area contributed by atoms with Gasteiger partial charge in [0, 0.05) is 23.8 Å². The largest absolute Gasteiger partial charge is 0.493 e. The predicted octanol–water partition coefficient (Wildman–Crippen LogP) is 4.73. The highest BCUT2D eigenvalue weighted by molar-refractivity contribution is 5.81. The highest BCUT2D eigenvalue weighted by Crippen LogP contribution is 2.35. The molecule has 1 saturated heterocycles. The molecule has 164 valence electrons. The van der Waals surface area contributed by atoms with Crippen molar-refractivity contribution < 1.29 is 19.4 Å². The zero-order chi connectivity index (χ0) is 22.2. The van der Waals surface area contributed by atoms with Gasteiger partial charge in [0.25, 0.3) is 0 Å². The molecule has 3 rings (SSSR count). The van der Waals surface area contributed by atoms with Gasteiger partial charge in [-0.2, -0.15) is 5.26 Å². The molecule has 0 aromatic heterocycles. The Bertz CT molecular complexity index is 928. The number of rotatable bonds is 10. The fourth-order valence-corrected chi connectivity index (χ4v) is 3.83. The van der Waals surface area contributed by atoms with Gasteiger partial charge in [-0.15, -0.1) is 0 Å². The van der Waals surface area contributed by atoms with Crippen LogP contribution in [0.1, 0.15) is 55.0 Å². The van der Waals surface area contributed by atoms with Crippen molar-refractivity contribution in [2.45, 2.75) is 45.6 Å². The number of anilines is 1. The average Bonchev–Trinajstić information content (AvgIpc) is 3.30. The number of carbonyl (C=O) groups is 1. The zero-order valence-electron chi connectivity index (χ0n) is 18.2. The summed E-state index contributed by atoms with van der Waals surface area (Å²) in [4.78, 5) is 12.3. The van der Waals surface area contributed by atoms with E-state index >= 15 is 0 Å². The van der Waals surface area contributed by atoms with Crippen molar-refractivity contribution in [3.8, 4) is 11.8 Å². The van der Waals surface area contributed by atoms with Crippen molar-refractivity contribution in [1.29, 1.82) is 5.26 Å². The van der Waals surface area contributed by atoms with Crippen molar-refractivity contribution in [1.82, 2.24) is 0 Å². The minimum atomic E-state index is -0.978. The SMILES string of the molecule is CCCc1cc(CC)cc(C(Nc2ccc(C#N)cc2)C(=O)O)c1OCC1CCOC1. The van der Waals surface area contributed by atoms with E-state index in [1.807, 2.05) is 6.07 Å². The first-order valence-electron chi connectivity index (χ1n) is 10.9. The molecule has 31 heavy (non-hydrogen) atoms. The van der Waals surface area contributed by atoms with Gasteiger partial charge in [-0.1, -0.05) is 26.3 Å². The maximum absolute atomic E-state index is 12.3. The van der Waals surface area contributed by atoms with Gasteiger partial charge in [0.05, 0.1) is 24.8 Å². The molecule has 2 N–H and O–H groups in total. The lowest BCUT2D eigenvalue weighted by molar-refractivity contribution is -0.138. The van der Waals surface area contributed by atoms with Crippen LogP contribution in [0.5, 0.6) is 5.75 Å². The molecule has 2 aromatic rings. The Hall–Kier alpha value is -3.04. The zero-order valence-corrected chi connectivity index (χ0v) is 18.2. The third kappa shape index (κ3) is 5.77. The first kappa shape index (κ1) is 22.6. The Balaban J connectivity index is 1.98. The van der Waals surface area contributed by atoms with Crippen molar-refractivity contribution in [3.05, 3.63) is 58.7 Å². The van der Waals surface area contributed by atoms with Crippen molar-refractivity contribution in [2.24, 2.45) is 5.92 Å². The number of ether oxygens (including phenoxy) is 2. The van der Waals surface area contributed by atoms with Gasteiger partial charge in [0.15, 0.2) is 6.04 Å². The predicted molar refractivity (Wildman–Crippen MR) is 119 cm³/mol. The molecule has 2 aromatic carbocycles. The number of aryl methyl sites for hydroxylation is 2. The first-order valence-corrected chi connectivity index (χ1v) is 10.9. The lowest BCUT2D eigenvalue weighted by Gasteiger charge is -2.24. The molecular weight excluding hydrogens is 392 g/mol. The molecular formula is C25H30N2O4.